The van der Waals surface area contributed by atoms with E-state index in [1.54, 1.807) is 0 Å². The third-order valence-electron chi connectivity index (χ3n) is 3.78. The van der Waals surface area contributed by atoms with E-state index in [4.69, 9.17) is 0 Å². The molecule has 0 saturated heterocycles. The maximum atomic E-state index is 12.5. The molecule has 0 radical (unpaired) electrons. The van der Waals surface area contributed by atoms with Crippen molar-refractivity contribution < 1.29 is 9.67 Å². The molecular formula is C15H21NO2S. The lowest BCUT2D eigenvalue weighted by Crippen LogP contribution is -2.51. The zero-order valence-electron chi connectivity index (χ0n) is 11.7. The number of rotatable bonds is 4. The predicted octanol–water partition coefficient (Wildman–Crippen LogP) is 2.05. The summed E-state index contributed by atoms with van der Waals surface area (Å²) in [5.74, 6) is -0.0596. The summed E-state index contributed by atoms with van der Waals surface area (Å²) in [6.07, 6.45) is 6.11. The van der Waals surface area contributed by atoms with Gasteiger partial charge in [0.05, 0.1) is 11.0 Å². The topological polar surface area (TPSA) is 44.0 Å². The standard InChI is InChI=1S/C15H21NO2S/c1-4-5-6-8-11-12(17)16-10-7-9-15(2,3)14(16)19-13(11)18/h4H,1,5-10H2,2-3H3. The van der Waals surface area contributed by atoms with E-state index in [-0.39, 0.29) is 16.0 Å². The summed E-state index contributed by atoms with van der Waals surface area (Å²) in [6, 6.07) is 0. The molecule has 3 nitrogen and oxygen atoms in total. The van der Waals surface area contributed by atoms with Crippen molar-refractivity contribution in [3.63, 3.8) is 0 Å². The fourth-order valence-electron chi connectivity index (χ4n) is 2.67. The quantitative estimate of drug-likeness (QED) is 0.481. The molecule has 1 aromatic rings. The van der Waals surface area contributed by atoms with Gasteiger partial charge in [0.25, 0.3) is 0 Å². The second-order valence-corrected chi connectivity index (χ2v) is 6.76. The van der Waals surface area contributed by atoms with E-state index < -0.39 is 0 Å². The van der Waals surface area contributed by atoms with E-state index in [9.17, 15) is 9.90 Å². The van der Waals surface area contributed by atoms with Crippen molar-refractivity contribution in [2.24, 2.45) is 0 Å². The first-order chi connectivity index (χ1) is 8.97. The number of aromatic nitrogens is 1. The normalized spacial score (nSPS) is 16.9. The van der Waals surface area contributed by atoms with Crippen LogP contribution < -0.4 is 14.4 Å². The van der Waals surface area contributed by atoms with Gasteiger partial charge in [-0.15, -0.1) is 6.58 Å². The predicted molar refractivity (Wildman–Crippen MR) is 75.6 cm³/mol. The van der Waals surface area contributed by atoms with Crippen LogP contribution in [-0.2, 0) is 18.4 Å². The maximum absolute atomic E-state index is 12.5. The number of allylic oxidation sites excluding steroid dienone is 1. The third kappa shape index (κ3) is 2.73. The van der Waals surface area contributed by atoms with Crippen LogP contribution in [0.1, 0.15) is 50.1 Å². The summed E-state index contributed by atoms with van der Waals surface area (Å²) in [7, 11) is 0. The largest absolute Gasteiger partial charge is 0.823 e. The van der Waals surface area contributed by atoms with Gasteiger partial charge in [-0.05, 0) is 50.9 Å². The van der Waals surface area contributed by atoms with E-state index in [0.717, 1.165) is 37.2 Å². The van der Waals surface area contributed by atoms with Crippen molar-refractivity contribution >= 4 is 11.3 Å². The highest BCUT2D eigenvalue weighted by Gasteiger charge is 2.37. The van der Waals surface area contributed by atoms with Crippen molar-refractivity contribution in [2.75, 3.05) is 0 Å². The Kier molecular flexibility index (Phi) is 4.09. The molecule has 0 aromatic carbocycles. The van der Waals surface area contributed by atoms with Crippen LogP contribution in [0, 0.1) is 0 Å². The number of fused-ring (bicyclic) bond motifs is 1. The van der Waals surface area contributed by atoms with Crippen LogP contribution in [0.3, 0.4) is 0 Å². The van der Waals surface area contributed by atoms with Gasteiger partial charge in [-0.2, -0.15) is 4.57 Å². The van der Waals surface area contributed by atoms with Gasteiger partial charge in [0.2, 0.25) is 9.75 Å². The summed E-state index contributed by atoms with van der Waals surface area (Å²) in [5, 5.41) is 13.4. The van der Waals surface area contributed by atoms with Gasteiger partial charge in [0.15, 0.2) is 5.88 Å². The Morgan fingerprint density at radius 1 is 1.53 bits per heavy atom. The molecule has 0 fully saturated rings. The Labute approximate surface area is 118 Å². The fraction of sp³-hybridized carbons (Fsp3) is 0.600. The monoisotopic (exact) mass is 279 g/mol. The van der Waals surface area contributed by atoms with Crippen LogP contribution in [0.25, 0.3) is 0 Å². The molecule has 0 atom stereocenters. The highest BCUT2D eigenvalue weighted by atomic mass is 32.1. The minimum absolute atomic E-state index is 0.0460. The van der Waals surface area contributed by atoms with Crippen LogP contribution in [0.4, 0.5) is 0 Å². The lowest BCUT2D eigenvalue weighted by Gasteiger charge is -2.28. The summed E-state index contributed by atoms with van der Waals surface area (Å²) in [4.78, 5) is 12.2. The molecule has 1 aliphatic heterocycles. The lowest BCUT2D eigenvalue weighted by atomic mass is 9.86. The molecule has 1 aromatic heterocycles. The van der Waals surface area contributed by atoms with E-state index in [1.165, 1.54) is 11.3 Å². The molecule has 2 heterocycles. The molecule has 1 aliphatic rings. The maximum Gasteiger partial charge on any atom is 0.246 e. The van der Waals surface area contributed by atoms with Crippen LogP contribution in [0.5, 0.6) is 5.88 Å². The van der Waals surface area contributed by atoms with E-state index in [2.05, 4.69) is 20.4 Å². The van der Waals surface area contributed by atoms with Gasteiger partial charge in [-0.25, -0.2) is 0 Å². The van der Waals surface area contributed by atoms with Crippen LogP contribution in [0.15, 0.2) is 17.4 Å². The Bertz CT molecular complexity index is 546. The number of hydrogen-bond acceptors (Lipinski definition) is 3. The van der Waals surface area contributed by atoms with E-state index >= 15 is 0 Å². The average Bonchev–Trinajstić information content (AvgIpc) is 2.34. The third-order valence-corrected chi connectivity index (χ3v) is 5.18. The molecule has 0 bridgehead atoms. The first-order valence-electron chi connectivity index (χ1n) is 6.85. The van der Waals surface area contributed by atoms with Crippen molar-refractivity contribution in [1.82, 2.24) is 0 Å². The van der Waals surface area contributed by atoms with E-state index in [1.807, 2.05) is 10.6 Å². The highest BCUT2D eigenvalue weighted by molar-refractivity contribution is 7.08. The number of hydrogen-bond donors (Lipinski definition) is 0. The van der Waals surface area contributed by atoms with Gasteiger partial charge in [-0.1, -0.05) is 6.08 Å². The summed E-state index contributed by atoms with van der Waals surface area (Å²) in [5.41, 5.74) is 0.411. The lowest BCUT2D eigenvalue weighted by molar-refractivity contribution is -0.747. The first-order valence-corrected chi connectivity index (χ1v) is 7.67. The van der Waals surface area contributed by atoms with Crippen LogP contribution in [-0.4, -0.2) is 0 Å². The summed E-state index contributed by atoms with van der Waals surface area (Å²) >= 11 is 1.27. The van der Waals surface area contributed by atoms with Crippen molar-refractivity contribution in [1.29, 1.82) is 0 Å². The molecular weight excluding hydrogens is 258 g/mol. The van der Waals surface area contributed by atoms with Crippen molar-refractivity contribution in [3.8, 4) is 5.88 Å². The minimum Gasteiger partial charge on any atom is -0.823 e. The molecule has 0 saturated carbocycles. The molecule has 4 heteroatoms. The Balaban J connectivity index is 2.44. The summed E-state index contributed by atoms with van der Waals surface area (Å²) < 4.78 is 1.79. The second-order valence-electron chi connectivity index (χ2n) is 5.80. The molecule has 0 amide bonds. The smallest absolute Gasteiger partial charge is 0.246 e. The molecule has 0 aliphatic carbocycles. The SMILES string of the molecule is C=CCCCc1c([O-])[n+]2c(sc1=O)C(C)(C)CCC2. The van der Waals surface area contributed by atoms with Gasteiger partial charge in [-0.3, -0.25) is 4.79 Å². The first kappa shape index (κ1) is 14.3. The minimum atomic E-state index is -0.0596. The highest BCUT2D eigenvalue weighted by Crippen LogP contribution is 2.32. The molecule has 19 heavy (non-hydrogen) atoms. The molecule has 2 rings (SSSR count). The van der Waals surface area contributed by atoms with Crippen LogP contribution in [0.2, 0.25) is 0 Å². The Morgan fingerprint density at radius 3 is 2.95 bits per heavy atom. The van der Waals surface area contributed by atoms with Crippen molar-refractivity contribution in [2.45, 2.75) is 57.9 Å². The van der Waals surface area contributed by atoms with Crippen LogP contribution >= 0.6 is 11.3 Å². The molecule has 104 valence electrons. The van der Waals surface area contributed by atoms with Gasteiger partial charge >= 0.3 is 0 Å². The Hall–Kier alpha value is -1.16. The second kappa shape index (κ2) is 5.45. The number of nitrogens with zero attached hydrogens (tertiary/aromatic N) is 1. The molecule has 0 spiro atoms. The number of unbranched alkanes of at least 4 members (excludes halogenated alkanes) is 1. The molecule has 0 unspecified atom stereocenters. The molecule has 0 N–H and O–H groups in total. The Morgan fingerprint density at radius 2 is 2.26 bits per heavy atom. The van der Waals surface area contributed by atoms with Gasteiger partial charge in [0.1, 0.15) is 6.54 Å². The van der Waals surface area contributed by atoms with Crippen molar-refractivity contribution in [3.05, 3.63) is 32.8 Å². The zero-order valence-corrected chi connectivity index (χ0v) is 12.5. The van der Waals surface area contributed by atoms with Gasteiger partial charge < -0.3 is 5.11 Å². The zero-order chi connectivity index (χ0) is 14.0. The van der Waals surface area contributed by atoms with E-state index in [0.29, 0.717) is 12.0 Å². The summed E-state index contributed by atoms with van der Waals surface area (Å²) in [6.45, 7) is 8.65. The fourth-order valence-corrected chi connectivity index (χ4v) is 3.82. The average molecular weight is 279 g/mol. The van der Waals surface area contributed by atoms with Gasteiger partial charge in [0, 0.05) is 6.42 Å².